The Bertz CT molecular complexity index is 657. The summed E-state index contributed by atoms with van der Waals surface area (Å²) < 4.78 is 52.0. The van der Waals surface area contributed by atoms with Gasteiger partial charge in [-0.1, -0.05) is 0 Å². The summed E-state index contributed by atoms with van der Waals surface area (Å²) in [6.45, 7) is 0. The van der Waals surface area contributed by atoms with Gasteiger partial charge in [-0.05, 0) is 12.1 Å². The molecular weight excluding hydrogens is 294 g/mol. The topological polar surface area (TPSA) is 69.9 Å². The molecule has 4 nitrogen and oxygen atoms in total. The van der Waals surface area contributed by atoms with E-state index in [0.717, 1.165) is 0 Å². The third-order valence-electron chi connectivity index (χ3n) is 2.85. The van der Waals surface area contributed by atoms with Crippen molar-refractivity contribution in [3.63, 3.8) is 0 Å². The van der Waals surface area contributed by atoms with Crippen molar-refractivity contribution in [3.05, 3.63) is 40.7 Å². The molecule has 1 saturated carbocycles. The highest BCUT2D eigenvalue weighted by Crippen LogP contribution is 2.29. The molecule has 8 heteroatoms. The first-order valence-electron chi connectivity index (χ1n) is 5.80. The number of nitrogens with zero attached hydrogens (tertiary/aromatic N) is 1. The van der Waals surface area contributed by atoms with E-state index in [1.165, 1.54) is 0 Å². The molecule has 0 bridgehead atoms. The van der Waals surface area contributed by atoms with Crippen LogP contribution in [0.2, 0.25) is 0 Å². The van der Waals surface area contributed by atoms with Crippen LogP contribution in [0.15, 0.2) is 22.7 Å². The first-order valence-corrected chi connectivity index (χ1v) is 5.80. The molecule has 0 saturated heterocycles. The lowest BCUT2D eigenvalue weighted by Crippen LogP contribution is -2.08. The molecule has 2 atom stereocenters. The summed E-state index contributed by atoms with van der Waals surface area (Å²) in [6, 6.07) is 0.524. The van der Waals surface area contributed by atoms with E-state index in [-0.39, 0.29) is 6.42 Å². The van der Waals surface area contributed by atoms with Crippen LogP contribution in [0.25, 0.3) is 5.76 Å². The molecule has 1 aromatic rings. The minimum atomic E-state index is -1.84. The fourth-order valence-electron chi connectivity index (χ4n) is 1.55. The molecule has 1 aromatic carbocycles. The van der Waals surface area contributed by atoms with Crippen LogP contribution in [0.4, 0.5) is 17.6 Å². The maximum Gasteiger partial charge on any atom is 0.341 e. The summed E-state index contributed by atoms with van der Waals surface area (Å²) in [6.07, 6.45) is -0.384. The molecule has 2 N–H and O–H groups in total. The van der Waals surface area contributed by atoms with E-state index in [0.29, 0.717) is 18.3 Å². The van der Waals surface area contributed by atoms with Gasteiger partial charge in [-0.25, -0.2) is 22.4 Å². The van der Waals surface area contributed by atoms with Gasteiger partial charge in [0.05, 0.1) is 11.6 Å². The normalized spacial score (nSPS) is 22.3. The van der Waals surface area contributed by atoms with Crippen molar-refractivity contribution in [2.45, 2.75) is 18.6 Å². The van der Waals surface area contributed by atoms with Crippen LogP contribution < -0.4 is 0 Å². The largest absolute Gasteiger partial charge is 0.506 e. The Balaban J connectivity index is 2.44. The van der Waals surface area contributed by atoms with Crippen molar-refractivity contribution in [2.24, 2.45) is 4.99 Å². The quantitative estimate of drug-likeness (QED) is 0.295. The average Bonchev–Trinajstić information content (AvgIpc) is 3.11. The number of hydrogen-bond donors (Lipinski definition) is 2. The number of halogens is 4. The van der Waals surface area contributed by atoms with Gasteiger partial charge >= 0.3 is 5.97 Å². The monoisotopic (exact) mass is 303 g/mol. The highest BCUT2D eigenvalue weighted by molar-refractivity contribution is 6.14. The molecule has 1 aliphatic carbocycles. The number of aliphatic carboxylic acids is 1. The van der Waals surface area contributed by atoms with Gasteiger partial charge in [-0.15, -0.1) is 0 Å². The lowest BCUT2D eigenvalue weighted by atomic mass is 10.1. The number of alkyl halides is 1. The lowest BCUT2D eigenvalue weighted by molar-refractivity contribution is -0.132. The number of hydrogen-bond acceptors (Lipinski definition) is 3. The molecule has 0 amide bonds. The zero-order chi connectivity index (χ0) is 15.7. The molecule has 0 unspecified atom stereocenters. The van der Waals surface area contributed by atoms with Crippen molar-refractivity contribution >= 4 is 17.9 Å². The Morgan fingerprint density at radius 3 is 2.38 bits per heavy atom. The summed E-state index contributed by atoms with van der Waals surface area (Å²) in [5.74, 6) is -7.84. The van der Waals surface area contributed by atoms with Gasteiger partial charge in [0, 0.05) is 12.6 Å². The fourth-order valence-corrected chi connectivity index (χ4v) is 1.55. The van der Waals surface area contributed by atoms with E-state index in [4.69, 9.17) is 5.11 Å². The van der Waals surface area contributed by atoms with Gasteiger partial charge in [0.25, 0.3) is 0 Å². The predicted octanol–water partition coefficient (Wildman–Crippen LogP) is 2.64. The second-order valence-corrected chi connectivity index (χ2v) is 4.39. The summed E-state index contributed by atoms with van der Waals surface area (Å²) in [5, 5.41) is 18.7. The molecule has 21 heavy (non-hydrogen) atoms. The third-order valence-corrected chi connectivity index (χ3v) is 2.85. The Morgan fingerprint density at radius 2 is 1.86 bits per heavy atom. The van der Waals surface area contributed by atoms with Crippen molar-refractivity contribution < 1.29 is 32.6 Å². The average molecular weight is 303 g/mol. The van der Waals surface area contributed by atoms with Crippen molar-refractivity contribution in [2.75, 3.05) is 0 Å². The van der Waals surface area contributed by atoms with Crippen LogP contribution in [0, 0.1) is 17.5 Å². The van der Waals surface area contributed by atoms with Crippen molar-refractivity contribution in [1.82, 2.24) is 0 Å². The Labute approximate surface area is 116 Å². The van der Waals surface area contributed by atoms with E-state index in [2.05, 4.69) is 4.99 Å². The zero-order valence-electron chi connectivity index (χ0n) is 10.4. The number of carbonyl (C=O) groups is 1. The van der Waals surface area contributed by atoms with Crippen LogP contribution in [-0.4, -0.2) is 34.6 Å². The lowest BCUT2D eigenvalue weighted by Gasteiger charge is -2.06. The van der Waals surface area contributed by atoms with Gasteiger partial charge in [0.2, 0.25) is 0 Å². The first kappa shape index (κ1) is 15.0. The minimum absolute atomic E-state index is 0.129. The number of aliphatic hydroxyl groups excluding tert-OH is 1. The van der Waals surface area contributed by atoms with Gasteiger partial charge in [0.1, 0.15) is 17.5 Å². The van der Waals surface area contributed by atoms with Crippen LogP contribution in [0.3, 0.4) is 0 Å². The first-order chi connectivity index (χ1) is 9.82. The Hall–Kier alpha value is -2.38. The van der Waals surface area contributed by atoms with E-state index in [1.54, 1.807) is 0 Å². The second-order valence-electron chi connectivity index (χ2n) is 4.39. The number of rotatable bonds is 4. The summed E-state index contributed by atoms with van der Waals surface area (Å²) in [7, 11) is 0. The van der Waals surface area contributed by atoms with E-state index in [9.17, 15) is 27.5 Å². The number of carboxylic acids is 1. The van der Waals surface area contributed by atoms with Crippen molar-refractivity contribution in [1.29, 1.82) is 0 Å². The molecule has 1 aliphatic rings. The number of aliphatic hydroxyl groups is 1. The van der Waals surface area contributed by atoms with Gasteiger partial charge in [-0.3, -0.25) is 4.99 Å². The molecule has 0 radical (unpaired) electrons. The van der Waals surface area contributed by atoms with Crippen LogP contribution in [-0.2, 0) is 4.79 Å². The van der Waals surface area contributed by atoms with Crippen LogP contribution in [0.5, 0.6) is 0 Å². The van der Waals surface area contributed by atoms with Crippen LogP contribution in [0.1, 0.15) is 12.0 Å². The molecule has 0 aliphatic heterocycles. The molecule has 0 spiro atoms. The SMILES string of the molecule is O=C(O)C(C=N[C@@H]1C[C@@H]1F)=C(O)c1ccc(F)c(F)c1F. The second kappa shape index (κ2) is 5.55. The minimum Gasteiger partial charge on any atom is -0.506 e. The molecule has 112 valence electrons. The van der Waals surface area contributed by atoms with Gasteiger partial charge in [0.15, 0.2) is 17.5 Å². The third kappa shape index (κ3) is 3.04. The van der Waals surface area contributed by atoms with Gasteiger partial charge in [-0.2, -0.15) is 0 Å². The molecule has 0 heterocycles. The van der Waals surface area contributed by atoms with Gasteiger partial charge < -0.3 is 10.2 Å². The smallest absolute Gasteiger partial charge is 0.341 e. The highest BCUT2D eigenvalue weighted by atomic mass is 19.2. The molecule has 1 fully saturated rings. The maximum atomic E-state index is 13.5. The number of benzene rings is 1. The molecule has 0 aromatic heterocycles. The Morgan fingerprint density at radius 1 is 1.24 bits per heavy atom. The molecule has 2 rings (SSSR count). The molecular formula is C13H9F4NO3. The summed E-state index contributed by atoms with van der Waals surface area (Å²) in [5.41, 5.74) is -1.68. The maximum absolute atomic E-state index is 13.5. The zero-order valence-corrected chi connectivity index (χ0v) is 10.4. The van der Waals surface area contributed by atoms with E-state index < -0.39 is 52.5 Å². The summed E-state index contributed by atoms with van der Waals surface area (Å²) >= 11 is 0. The van der Waals surface area contributed by atoms with E-state index >= 15 is 0 Å². The number of aliphatic imine (C=N–C) groups is 1. The number of carboxylic acid groups (broad SMARTS) is 1. The van der Waals surface area contributed by atoms with E-state index in [1.807, 2.05) is 0 Å². The Kier molecular flexibility index (Phi) is 3.97. The van der Waals surface area contributed by atoms with Crippen LogP contribution >= 0.6 is 0 Å². The predicted molar refractivity (Wildman–Crippen MR) is 65.3 cm³/mol. The fraction of sp³-hybridized carbons (Fsp3) is 0.231. The highest BCUT2D eigenvalue weighted by Gasteiger charge is 2.37. The van der Waals surface area contributed by atoms with Crippen molar-refractivity contribution in [3.8, 4) is 0 Å². The summed E-state index contributed by atoms with van der Waals surface area (Å²) in [4.78, 5) is 14.6. The standard InChI is InChI=1S/C13H9F4NO3/c14-7-2-1-5(10(16)11(7)17)12(19)6(13(20)21)4-18-9-3-8(9)15/h1-2,4,8-9,19H,3H2,(H,20,21)/t8-,9+/m0/s1.